The van der Waals surface area contributed by atoms with Gasteiger partial charge in [-0.1, -0.05) is 42.5 Å². The molecular formula is C15H16N2O2. The van der Waals surface area contributed by atoms with E-state index in [2.05, 4.69) is 5.32 Å². The molecule has 0 heterocycles. The zero-order chi connectivity index (χ0) is 13.7. The van der Waals surface area contributed by atoms with Crippen molar-refractivity contribution >= 4 is 17.3 Å². The fourth-order valence-electron chi connectivity index (χ4n) is 1.83. The van der Waals surface area contributed by atoms with E-state index in [1.807, 2.05) is 42.5 Å². The molecule has 1 unspecified atom stereocenters. The molecule has 0 spiro atoms. The molecule has 0 aliphatic heterocycles. The summed E-state index contributed by atoms with van der Waals surface area (Å²) in [5, 5.41) is 2.77. The highest BCUT2D eigenvalue weighted by Crippen LogP contribution is 2.22. The van der Waals surface area contributed by atoms with Crippen molar-refractivity contribution in [2.24, 2.45) is 0 Å². The predicted octanol–water partition coefficient (Wildman–Crippen LogP) is 2.60. The van der Waals surface area contributed by atoms with Crippen molar-refractivity contribution in [3.05, 3.63) is 60.2 Å². The summed E-state index contributed by atoms with van der Waals surface area (Å²) in [5.74, 6) is -0.244. The van der Waals surface area contributed by atoms with Gasteiger partial charge in [0.15, 0.2) is 6.10 Å². The van der Waals surface area contributed by atoms with Gasteiger partial charge in [-0.15, -0.1) is 0 Å². The standard InChI is InChI=1S/C15H16N2O2/c1-19-14(11-7-3-2-4-8-11)15(18)17-13-10-6-5-9-12(13)16/h2-10,14H,16H2,1H3,(H,17,18). The summed E-state index contributed by atoms with van der Waals surface area (Å²) < 4.78 is 5.26. The first-order chi connectivity index (χ1) is 9.22. The molecule has 0 saturated carbocycles. The highest BCUT2D eigenvalue weighted by atomic mass is 16.5. The number of hydrogen-bond donors (Lipinski definition) is 2. The van der Waals surface area contributed by atoms with E-state index < -0.39 is 6.10 Å². The quantitative estimate of drug-likeness (QED) is 0.826. The predicted molar refractivity (Wildman–Crippen MR) is 75.7 cm³/mol. The number of para-hydroxylation sites is 2. The number of carbonyl (C=O) groups excluding carboxylic acids is 1. The highest BCUT2D eigenvalue weighted by Gasteiger charge is 2.20. The molecule has 19 heavy (non-hydrogen) atoms. The van der Waals surface area contributed by atoms with Crippen LogP contribution in [0.5, 0.6) is 0 Å². The number of amides is 1. The van der Waals surface area contributed by atoms with Crippen molar-refractivity contribution in [3.8, 4) is 0 Å². The third-order valence-electron chi connectivity index (χ3n) is 2.79. The van der Waals surface area contributed by atoms with Crippen LogP contribution >= 0.6 is 0 Å². The van der Waals surface area contributed by atoms with E-state index in [0.717, 1.165) is 5.56 Å². The van der Waals surface area contributed by atoms with Gasteiger partial charge >= 0.3 is 0 Å². The van der Waals surface area contributed by atoms with Gasteiger partial charge in [0.2, 0.25) is 0 Å². The lowest BCUT2D eigenvalue weighted by Gasteiger charge is -2.16. The number of ether oxygens (including phenoxy) is 1. The summed E-state index contributed by atoms with van der Waals surface area (Å²) in [6, 6.07) is 16.4. The van der Waals surface area contributed by atoms with Gasteiger partial charge in [0.25, 0.3) is 5.91 Å². The average molecular weight is 256 g/mol. The Hall–Kier alpha value is -2.33. The summed E-state index contributed by atoms with van der Waals surface area (Å²) in [4.78, 5) is 12.2. The second-order valence-corrected chi connectivity index (χ2v) is 4.10. The van der Waals surface area contributed by atoms with E-state index >= 15 is 0 Å². The number of benzene rings is 2. The lowest BCUT2D eigenvalue weighted by atomic mass is 10.1. The summed E-state index contributed by atoms with van der Waals surface area (Å²) in [6.45, 7) is 0. The Morgan fingerprint density at radius 2 is 1.74 bits per heavy atom. The van der Waals surface area contributed by atoms with Crippen molar-refractivity contribution in [3.63, 3.8) is 0 Å². The topological polar surface area (TPSA) is 64.3 Å². The summed E-state index contributed by atoms with van der Waals surface area (Å²) in [5.41, 5.74) is 7.71. The highest BCUT2D eigenvalue weighted by molar-refractivity contribution is 5.97. The van der Waals surface area contributed by atoms with E-state index in [4.69, 9.17) is 10.5 Å². The Morgan fingerprint density at radius 3 is 2.37 bits per heavy atom. The van der Waals surface area contributed by atoms with Crippen molar-refractivity contribution < 1.29 is 9.53 Å². The lowest BCUT2D eigenvalue weighted by molar-refractivity contribution is -0.126. The van der Waals surface area contributed by atoms with E-state index in [1.54, 1.807) is 12.1 Å². The van der Waals surface area contributed by atoms with Gasteiger partial charge in [-0.3, -0.25) is 4.79 Å². The second kappa shape index (κ2) is 6.02. The number of carbonyl (C=O) groups is 1. The summed E-state index contributed by atoms with van der Waals surface area (Å²) in [6.07, 6.45) is -0.652. The van der Waals surface area contributed by atoms with Crippen LogP contribution in [-0.2, 0) is 9.53 Å². The third-order valence-corrected chi connectivity index (χ3v) is 2.79. The van der Waals surface area contributed by atoms with Crippen LogP contribution in [0.1, 0.15) is 11.7 Å². The molecule has 4 heteroatoms. The molecule has 0 aliphatic rings. The molecule has 3 N–H and O–H groups in total. The minimum Gasteiger partial charge on any atom is -0.397 e. The maximum absolute atomic E-state index is 12.2. The molecule has 0 aliphatic carbocycles. The summed E-state index contributed by atoms with van der Waals surface area (Å²) >= 11 is 0. The first kappa shape index (κ1) is 13.1. The molecule has 0 radical (unpaired) electrons. The maximum Gasteiger partial charge on any atom is 0.258 e. The molecule has 0 bridgehead atoms. The molecule has 2 rings (SSSR count). The van der Waals surface area contributed by atoms with Gasteiger partial charge in [-0.2, -0.15) is 0 Å². The number of methoxy groups -OCH3 is 1. The molecule has 4 nitrogen and oxygen atoms in total. The van der Waals surface area contributed by atoms with Gasteiger partial charge in [0, 0.05) is 7.11 Å². The van der Waals surface area contributed by atoms with Gasteiger partial charge < -0.3 is 15.8 Å². The Labute approximate surface area is 112 Å². The fourth-order valence-corrected chi connectivity index (χ4v) is 1.83. The number of anilines is 2. The largest absolute Gasteiger partial charge is 0.397 e. The Bertz CT molecular complexity index is 555. The van der Waals surface area contributed by atoms with Gasteiger partial charge in [-0.05, 0) is 17.7 Å². The minimum atomic E-state index is -0.652. The first-order valence-corrected chi connectivity index (χ1v) is 5.95. The first-order valence-electron chi connectivity index (χ1n) is 5.95. The van der Waals surface area contributed by atoms with Gasteiger partial charge in [-0.25, -0.2) is 0 Å². The number of nitrogens with one attached hydrogen (secondary N) is 1. The van der Waals surface area contributed by atoms with Crippen LogP contribution in [0.3, 0.4) is 0 Å². The SMILES string of the molecule is COC(C(=O)Nc1ccccc1N)c1ccccc1. The third kappa shape index (κ3) is 3.11. The van der Waals surface area contributed by atoms with Crippen LogP contribution in [0.25, 0.3) is 0 Å². The Kier molecular flexibility index (Phi) is 4.15. The molecule has 2 aromatic carbocycles. The van der Waals surface area contributed by atoms with E-state index in [1.165, 1.54) is 7.11 Å². The Morgan fingerprint density at radius 1 is 1.11 bits per heavy atom. The van der Waals surface area contributed by atoms with Crippen molar-refractivity contribution in [2.75, 3.05) is 18.2 Å². The number of rotatable bonds is 4. The Balaban J connectivity index is 2.17. The molecule has 98 valence electrons. The smallest absolute Gasteiger partial charge is 0.258 e. The lowest BCUT2D eigenvalue weighted by Crippen LogP contribution is -2.23. The molecule has 2 aromatic rings. The normalized spacial score (nSPS) is 11.8. The molecule has 0 fully saturated rings. The molecular weight excluding hydrogens is 240 g/mol. The van der Waals surface area contributed by atoms with Crippen LogP contribution in [-0.4, -0.2) is 13.0 Å². The van der Waals surface area contributed by atoms with Crippen LogP contribution in [0.4, 0.5) is 11.4 Å². The maximum atomic E-state index is 12.2. The summed E-state index contributed by atoms with van der Waals surface area (Å²) in [7, 11) is 1.51. The average Bonchev–Trinajstić information content (AvgIpc) is 2.43. The molecule has 1 amide bonds. The van der Waals surface area contributed by atoms with E-state index in [0.29, 0.717) is 11.4 Å². The van der Waals surface area contributed by atoms with Crippen LogP contribution in [0.15, 0.2) is 54.6 Å². The fraction of sp³-hybridized carbons (Fsp3) is 0.133. The molecule has 0 aromatic heterocycles. The molecule has 1 atom stereocenters. The van der Waals surface area contributed by atoms with Gasteiger partial charge in [0.05, 0.1) is 11.4 Å². The number of hydrogen-bond acceptors (Lipinski definition) is 3. The zero-order valence-corrected chi connectivity index (χ0v) is 10.7. The number of nitrogens with two attached hydrogens (primary N) is 1. The zero-order valence-electron chi connectivity index (χ0n) is 10.7. The van der Waals surface area contributed by atoms with Crippen LogP contribution in [0, 0.1) is 0 Å². The second-order valence-electron chi connectivity index (χ2n) is 4.10. The van der Waals surface area contributed by atoms with Crippen molar-refractivity contribution in [2.45, 2.75) is 6.10 Å². The van der Waals surface area contributed by atoms with Crippen molar-refractivity contribution in [1.29, 1.82) is 0 Å². The molecule has 0 saturated heterocycles. The van der Waals surface area contributed by atoms with Crippen LogP contribution < -0.4 is 11.1 Å². The van der Waals surface area contributed by atoms with E-state index in [-0.39, 0.29) is 5.91 Å². The number of nitrogen functional groups attached to an aromatic ring is 1. The minimum absolute atomic E-state index is 0.244. The van der Waals surface area contributed by atoms with Crippen LogP contribution in [0.2, 0.25) is 0 Å². The van der Waals surface area contributed by atoms with Crippen molar-refractivity contribution in [1.82, 2.24) is 0 Å². The monoisotopic (exact) mass is 256 g/mol. The van der Waals surface area contributed by atoms with E-state index in [9.17, 15) is 4.79 Å². The van der Waals surface area contributed by atoms with Gasteiger partial charge in [0.1, 0.15) is 0 Å².